The molecule has 2 heterocycles. The number of nitrogens with two attached hydrogens (primary N) is 1. The highest BCUT2D eigenvalue weighted by Gasteiger charge is 2.32. The van der Waals surface area contributed by atoms with Gasteiger partial charge in [-0.2, -0.15) is 0 Å². The monoisotopic (exact) mass is 375 g/mol. The summed E-state index contributed by atoms with van der Waals surface area (Å²) in [6.45, 7) is 4.81. The van der Waals surface area contributed by atoms with Crippen molar-refractivity contribution in [2.24, 2.45) is 5.73 Å². The first-order valence-electron chi connectivity index (χ1n) is 9.66. The highest BCUT2D eigenvalue weighted by atomic mass is 16.5. The molecule has 2 N–H and O–H groups in total. The summed E-state index contributed by atoms with van der Waals surface area (Å²) in [5.74, 6) is 1.27. The quantitative estimate of drug-likeness (QED) is 0.815. The van der Waals surface area contributed by atoms with Gasteiger partial charge in [0.15, 0.2) is 0 Å². The molecule has 7 heteroatoms. The number of rotatable bonds is 6. The number of primary amides is 1. The van der Waals surface area contributed by atoms with Gasteiger partial charge in [-0.25, -0.2) is 0 Å². The molecular weight excluding hydrogens is 346 g/mol. The van der Waals surface area contributed by atoms with Crippen molar-refractivity contribution in [1.29, 1.82) is 0 Å². The van der Waals surface area contributed by atoms with Gasteiger partial charge in [0.1, 0.15) is 23.6 Å². The van der Waals surface area contributed by atoms with Crippen LogP contribution in [0.5, 0.6) is 11.5 Å². The lowest BCUT2D eigenvalue weighted by Crippen LogP contribution is -2.44. The van der Waals surface area contributed by atoms with Gasteiger partial charge in [0, 0.05) is 38.2 Å². The van der Waals surface area contributed by atoms with Crippen LogP contribution in [0.25, 0.3) is 0 Å². The van der Waals surface area contributed by atoms with Crippen molar-refractivity contribution in [3.63, 3.8) is 0 Å². The number of benzene rings is 1. The van der Waals surface area contributed by atoms with Crippen LogP contribution in [-0.2, 0) is 16.1 Å². The van der Waals surface area contributed by atoms with E-state index in [1.807, 2.05) is 18.2 Å². The molecule has 1 aromatic carbocycles. The Morgan fingerprint density at radius 1 is 1.37 bits per heavy atom. The van der Waals surface area contributed by atoms with Crippen molar-refractivity contribution in [1.82, 2.24) is 9.80 Å². The fourth-order valence-electron chi connectivity index (χ4n) is 3.87. The van der Waals surface area contributed by atoms with E-state index in [0.717, 1.165) is 36.4 Å². The number of ether oxygens (including phenoxy) is 2. The zero-order valence-corrected chi connectivity index (χ0v) is 16.1. The van der Waals surface area contributed by atoms with E-state index in [1.165, 1.54) is 0 Å². The third-order valence-corrected chi connectivity index (χ3v) is 5.42. The van der Waals surface area contributed by atoms with Gasteiger partial charge in [-0.1, -0.05) is 6.92 Å². The van der Waals surface area contributed by atoms with Gasteiger partial charge in [-0.3, -0.25) is 14.5 Å². The third-order valence-electron chi connectivity index (χ3n) is 5.42. The summed E-state index contributed by atoms with van der Waals surface area (Å²) >= 11 is 0. The van der Waals surface area contributed by atoms with Crippen LogP contribution < -0.4 is 15.2 Å². The van der Waals surface area contributed by atoms with Crippen LogP contribution in [0.15, 0.2) is 18.2 Å². The highest BCUT2D eigenvalue weighted by Crippen LogP contribution is 2.29. The Labute approximate surface area is 160 Å². The maximum atomic E-state index is 12.6. The number of carbonyl (C=O) groups excluding carboxylic acids is 2. The molecule has 3 rings (SSSR count). The van der Waals surface area contributed by atoms with E-state index in [-0.39, 0.29) is 12.0 Å². The lowest BCUT2D eigenvalue weighted by atomic mass is 10.1. The Bertz CT molecular complexity index is 694. The molecule has 0 aliphatic carbocycles. The topological polar surface area (TPSA) is 85.1 Å². The normalized spacial score (nSPS) is 22.7. The summed E-state index contributed by atoms with van der Waals surface area (Å²) in [5, 5.41) is 0. The van der Waals surface area contributed by atoms with E-state index in [2.05, 4.69) is 11.8 Å². The number of amides is 2. The Balaban J connectivity index is 1.66. The summed E-state index contributed by atoms with van der Waals surface area (Å²) in [7, 11) is 1.65. The van der Waals surface area contributed by atoms with Crippen LogP contribution >= 0.6 is 0 Å². The molecule has 0 aromatic heterocycles. The van der Waals surface area contributed by atoms with Crippen LogP contribution in [-0.4, -0.2) is 60.5 Å². The lowest BCUT2D eigenvalue weighted by molar-refractivity contribution is -0.137. The fraction of sp³-hybridized carbons (Fsp3) is 0.600. The zero-order valence-electron chi connectivity index (χ0n) is 16.1. The van der Waals surface area contributed by atoms with Gasteiger partial charge in [0.25, 0.3) is 0 Å². The first-order valence-corrected chi connectivity index (χ1v) is 9.66. The lowest BCUT2D eigenvalue weighted by Gasteiger charge is -2.26. The van der Waals surface area contributed by atoms with E-state index in [1.54, 1.807) is 12.0 Å². The molecule has 0 bridgehead atoms. The zero-order chi connectivity index (χ0) is 19.4. The molecule has 1 fully saturated rings. The number of nitrogens with zero attached hydrogens (tertiary/aromatic N) is 2. The van der Waals surface area contributed by atoms with Crippen LogP contribution in [0.4, 0.5) is 0 Å². The number of hydrogen-bond donors (Lipinski definition) is 1. The summed E-state index contributed by atoms with van der Waals surface area (Å²) in [4.78, 5) is 28.0. The fourth-order valence-corrected chi connectivity index (χ4v) is 3.87. The van der Waals surface area contributed by atoms with Crippen molar-refractivity contribution in [2.45, 2.75) is 51.3 Å². The second kappa shape index (κ2) is 8.61. The van der Waals surface area contributed by atoms with Crippen molar-refractivity contribution in [2.75, 3.05) is 26.7 Å². The van der Waals surface area contributed by atoms with Gasteiger partial charge in [-0.05, 0) is 37.5 Å². The van der Waals surface area contributed by atoms with Crippen LogP contribution in [0.1, 0.15) is 38.2 Å². The molecule has 2 amide bonds. The predicted octanol–water partition coefficient (Wildman–Crippen LogP) is 1.53. The molecule has 1 aromatic rings. The first kappa shape index (κ1) is 19.5. The average molecular weight is 375 g/mol. The van der Waals surface area contributed by atoms with E-state index in [9.17, 15) is 9.59 Å². The summed E-state index contributed by atoms with van der Waals surface area (Å²) in [6.07, 6.45) is 2.86. The molecule has 0 saturated carbocycles. The second-order valence-electron chi connectivity index (χ2n) is 7.25. The van der Waals surface area contributed by atoms with Crippen LogP contribution in [0.2, 0.25) is 0 Å². The van der Waals surface area contributed by atoms with Gasteiger partial charge >= 0.3 is 0 Å². The molecule has 7 nitrogen and oxygen atoms in total. The summed E-state index contributed by atoms with van der Waals surface area (Å²) in [6, 6.07) is 5.40. The Hall–Kier alpha value is -2.28. The minimum Gasteiger partial charge on any atom is -0.497 e. The molecule has 2 aliphatic heterocycles. The molecule has 1 unspecified atom stereocenters. The highest BCUT2D eigenvalue weighted by molar-refractivity contribution is 5.87. The summed E-state index contributed by atoms with van der Waals surface area (Å²) < 4.78 is 11.5. The smallest absolute Gasteiger partial charge is 0.240 e. The SMILES string of the molecule is CCC1CN(CCC(=O)N2CCC[C@H]2C(N)=O)Cc2cc(OC)ccc2O1. The number of carbonyl (C=O) groups is 2. The third kappa shape index (κ3) is 4.53. The standard InChI is InChI=1S/C20H29N3O4/c1-3-15-13-22(12-14-11-16(26-2)6-7-18(14)27-15)10-8-19(24)23-9-4-5-17(23)20(21)25/h6-7,11,15,17H,3-5,8-10,12-13H2,1-2H3,(H2,21,25)/t15?,17-/m0/s1. The van der Waals surface area contributed by atoms with Gasteiger partial charge in [0.05, 0.1) is 7.11 Å². The molecule has 148 valence electrons. The van der Waals surface area contributed by atoms with E-state index < -0.39 is 11.9 Å². The molecule has 2 atom stereocenters. The molecule has 1 saturated heterocycles. The predicted molar refractivity (Wildman–Crippen MR) is 102 cm³/mol. The largest absolute Gasteiger partial charge is 0.497 e. The molecule has 0 radical (unpaired) electrons. The van der Waals surface area contributed by atoms with Crippen molar-refractivity contribution in [3.05, 3.63) is 23.8 Å². The number of likely N-dealkylation sites (tertiary alicyclic amines) is 1. The Morgan fingerprint density at radius 3 is 2.89 bits per heavy atom. The number of methoxy groups -OCH3 is 1. The Morgan fingerprint density at radius 2 is 2.19 bits per heavy atom. The van der Waals surface area contributed by atoms with Crippen molar-refractivity contribution in [3.8, 4) is 11.5 Å². The second-order valence-corrected chi connectivity index (χ2v) is 7.25. The van der Waals surface area contributed by atoms with Crippen LogP contribution in [0, 0.1) is 0 Å². The molecular formula is C20H29N3O4. The van der Waals surface area contributed by atoms with E-state index >= 15 is 0 Å². The van der Waals surface area contributed by atoms with E-state index in [4.69, 9.17) is 15.2 Å². The van der Waals surface area contributed by atoms with Gasteiger partial charge < -0.3 is 20.1 Å². The Kier molecular flexibility index (Phi) is 6.21. The minimum atomic E-state index is -0.446. The van der Waals surface area contributed by atoms with Crippen molar-refractivity contribution < 1.29 is 19.1 Å². The molecule has 2 aliphatic rings. The number of fused-ring (bicyclic) bond motifs is 1. The van der Waals surface area contributed by atoms with Crippen LogP contribution in [0.3, 0.4) is 0 Å². The first-order chi connectivity index (χ1) is 13.0. The van der Waals surface area contributed by atoms with Crippen molar-refractivity contribution >= 4 is 11.8 Å². The summed E-state index contributed by atoms with van der Waals surface area (Å²) in [5.41, 5.74) is 6.49. The maximum Gasteiger partial charge on any atom is 0.240 e. The van der Waals surface area contributed by atoms with Gasteiger partial charge in [0.2, 0.25) is 11.8 Å². The van der Waals surface area contributed by atoms with Gasteiger partial charge in [-0.15, -0.1) is 0 Å². The number of hydrogen-bond acceptors (Lipinski definition) is 5. The molecule has 0 spiro atoms. The average Bonchev–Trinajstić information content (AvgIpc) is 3.09. The van der Waals surface area contributed by atoms with E-state index in [0.29, 0.717) is 32.5 Å². The maximum absolute atomic E-state index is 12.6. The molecule has 27 heavy (non-hydrogen) atoms. The minimum absolute atomic E-state index is 0.000351.